The number of aromatic hydroxyl groups is 2. The number of carbonyl (C=O) groups is 2. The average Bonchev–Trinajstić information content (AvgIpc) is 3.14. The van der Waals surface area contributed by atoms with Crippen LogP contribution in [0.3, 0.4) is 0 Å². The molecule has 2 aromatic rings. The maximum Gasteiger partial charge on any atom is 1.00 e. The molecule has 0 saturated heterocycles. The van der Waals surface area contributed by atoms with Crippen LogP contribution in [0.5, 0.6) is 17.2 Å². The van der Waals surface area contributed by atoms with E-state index in [2.05, 4.69) is 0 Å². The van der Waals surface area contributed by atoms with Gasteiger partial charge in [0, 0.05) is 22.6 Å². The summed E-state index contributed by atoms with van der Waals surface area (Å²) in [6.45, 7) is 7.53. The summed E-state index contributed by atoms with van der Waals surface area (Å²) in [4.78, 5) is 22.4. The highest BCUT2D eigenvalue weighted by molar-refractivity contribution is 6.32. The number of cyclic esters (lactones) is 1. The minimum absolute atomic E-state index is 0. The van der Waals surface area contributed by atoms with E-state index in [1.807, 2.05) is 33.8 Å². The standard InChI is InChI=1S/C17H20O6.C8H9ClO/c1-9(5-7-13(18)19)4-6-11-15(20)14-12(8-23-17(14)21)10(2)16(11)22-3;1-5-3-7(10)4-6(2)8(5)9/h4,20H,5-8H2,1-3H3,(H,18,19);3-4,10H,1-2H3/p+1/b9-4+;. The van der Waals surface area contributed by atoms with Gasteiger partial charge in [0.05, 0.1) is 7.11 Å². The quantitative estimate of drug-likeness (QED) is 0.371. The molecule has 0 aromatic heterocycles. The molecule has 0 amide bonds. The number of esters is 1. The van der Waals surface area contributed by atoms with Crippen molar-refractivity contribution in [3.8, 4) is 17.2 Å². The number of rotatable bonds is 6. The second kappa shape index (κ2) is 11.1. The van der Waals surface area contributed by atoms with Gasteiger partial charge < -0.3 is 24.8 Å². The van der Waals surface area contributed by atoms with E-state index in [9.17, 15) is 14.7 Å². The number of carboxylic acid groups (broad SMARTS) is 1. The molecule has 0 atom stereocenters. The molecule has 0 saturated carbocycles. The molecule has 0 fully saturated rings. The van der Waals surface area contributed by atoms with Crippen molar-refractivity contribution < 1.29 is 35.8 Å². The second-order valence-corrected chi connectivity index (χ2v) is 8.33. The van der Waals surface area contributed by atoms with Gasteiger partial charge >= 0.3 is 13.4 Å². The number of aliphatic carboxylic acids is 1. The van der Waals surface area contributed by atoms with Gasteiger partial charge in [0.25, 0.3) is 0 Å². The maximum atomic E-state index is 11.8. The molecule has 1 heterocycles. The molecule has 0 aliphatic carbocycles. The van der Waals surface area contributed by atoms with Gasteiger partial charge in [0.2, 0.25) is 0 Å². The third-order valence-corrected chi connectivity index (χ3v) is 6.05. The Morgan fingerprint density at radius 1 is 1.21 bits per heavy atom. The SMILES string of the molecule is COc1c(C)c2c(c(O)c1C/C=C(\C)CCC(=O)O)C(=O)OC2.Cc1cc(O)cc(C)c1Cl.[H+]. The van der Waals surface area contributed by atoms with E-state index in [4.69, 9.17) is 31.3 Å². The highest BCUT2D eigenvalue weighted by Gasteiger charge is 2.31. The zero-order valence-electron chi connectivity index (χ0n) is 20.4. The van der Waals surface area contributed by atoms with E-state index in [1.54, 1.807) is 12.1 Å². The van der Waals surface area contributed by atoms with Crippen LogP contribution < -0.4 is 4.74 Å². The topological polar surface area (TPSA) is 113 Å². The number of ether oxygens (including phenoxy) is 2. The zero-order chi connectivity index (χ0) is 24.9. The van der Waals surface area contributed by atoms with Crippen molar-refractivity contribution in [1.29, 1.82) is 0 Å². The number of benzene rings is 2. The van der Waals surface area contributed by atoms with Crippen LogP contribution in [0.2, 0.25) is 5.02 Å². The van der Waals surface area contributed by atoms with Crippen molar-refractivity contribution in [2.75, 3.05) is 7.11 Å². The number of carboxylic acids is 1. The Hall–Kier alpha value is -3.19. The number of hydrogen-bond donors (Lipinski definition) is 3. The number of carbonyl (C=O) groups excluding carboxylic acids is 1. The molecule has 3 N–H and O–H groups in total. The van der Waals surface area contributed by atoms with Crippen LogP contribution >= 0.6 is 11.6 Å². The molecule has 0 bridgehead atoms. The van der Waals surface area contributed by atoms with Crippen LogP contribution in [0, 0.1) is 20.8 Å². The smallest absolute Gasteiger partial charge is 0.508 e. The molecule has 1 aliphatic heterocycles. The number of phenols is 2. The van der Waals surface area contributed by atoms with Gasteiger partial charge in [-0.15, -0.1) is 0 Å². The maximum absolute atomic E-state index is 11.8. The number of allylic oxidation sites excluding steroid dienone is 2. The summed E-state index contributed by atoms with van der Waals surface area (Å²) < 4.78 is 10.4. The molecule has 7 nitrogen and oxygen atoms in total. The van der Waals surface area contributed by atoms with Crippen molar-refractivity contribution in [2.24, 2.45) is 0 Å². The van der Waals surface area contributed by atoms with Gasteiger partial charge in [-0.3, -0.25) is 4.79 Å². The van der Waals surface area contributed by atoms with E-state index in [1.165, 1.54) is 7.11 Å². The van der Waals surface area contributed by atoms with Crippen molar-refractivity contribution in [3.63, 3.8) is 0 Å². The first-order valence-electron chi connectivity index (χ1n) is 10.4. The lowest BCUT2D eigenvalue weighted by Crippen LogP contribution is -2.03. The van der Waals surface area contributed by atoms with E-state index in [-0.39, 0.29) is 31.5 Å². The fraction of sp³-hybridized carbons (Fsp3) is 0.360. The highest BCUT2D eigenvalue weighted by atomic mass is 35.5. The first-order valence-corrected chi connectivity index (χ1v) is 10.8. The van der Waals surface area contributed by atoms with Gasteiger partial charge in [-0.2, -0.15) is 0 Å². The van der Waals surface area contributed by atoms with Gasteiger partial charge in [0.1, 0.15) is 29.4 Å². The predicted octanol–water partition coefficient (Wildman–Crippen LogP) is 5.51. The van der Waals surface area contributed by atoms with E-state index in [0.717, 1.165) is 27.3 Å². The Bertz CT molecular complexity index is 1090. The third kappa shape index (κ3) is 6.20. The molecule has 2 aromatic carbocycles. The molecule has 3 rings (SSSR count). The summed E-state index contributed by atoms with van der Waals surface area (Å²) in [5.41, 5.74) is 4.87. The van der Waals surface area contributed by atoms with Crippen molar-refractivity contribution in [1.82, 2.24) is 0 Å². The van der Waals surface area contributed by atoms with E-state index in [0.29, 0.717) is 29.7 Å². The molecular formula is C25H30ClO7+. The summed E-state index contributed by atoms with van der Waals surface area (Å²) in [7, 11) is 1.51. The van der Waals surface area contributed by atoms with Crippen LogP contribution in [0.4, 0.5) is 0 Å². The number of aryl methyl sites for hydroxylation is 2. The van der Waals surface area contributed by atoms with Crippen LogP contribution in [-0.2, 0) is 22.6 Å². The molecule has 0 unspecified atom stereocenters. The lowest BCUT2D eigenvalue weighted by Gasteiger charge is -2.15. The second-order valence-electron chi connectivity index (χ2n) is 7.96. The average molecular weight is 478 g/mol. The number of methoxy groups -OCH3 is 1. The van der Waals surface area contributed by atoms with Crippen LogP contribution in [0.15, 0.2) is 23.8 Å². The fourth-order valence-corrected chi connectivity index (χ4v) is 3.74. The van der Waals surface area contributed by atoms with E-state index < -0.39 is 11.9 Å². The summed E-state index contributed by atoms with van der Waals surface area (Å²) in [5.74, 6) is -0.696. The van der Waals surface area contributed by atoms with Gasteiger partial charge in [-0.1, -0.05) is 23.3 Å². The number of phenolic OH excluding ortho intramolecular Hbond substituents is 2. The third-order valence-electron chi connectivity index (χ3n) is 5.46. The Labute approximate surface area is 199 Å². The van der Waals surface area contributed by atoms with E-state index >= 15 is 0 Å². The minimum Gasteiger partial charge on any atom is -0.508 e. The molecule has 8 heteroatoms. The molecule has 0 spiro atoms. The first-order chi connectivity index (χ1) is 15.5. The fourth-order valence-electron chi connectivity index (χ4n) is 3.63. The van der Waals surface area contributed by atoms with Gasteiger partial charge in [-0.05, 0) is 69.4 Å². The molecule has 0 radical (unpaired) electrons. The zero-order valence-corrected chi connectivity index (χ0v) is 20.2. The molecule has 1 aliphatic rings. The van der Waals surface area contributed by atoms with Gasteiger partial charge in [-0.25, -0.2) is 4.79 Å². The van der Waals surface area contributed by atoms with Crippen molar-refractivity contribution >= 4 is 23.5 Å². The summed E-state index contributed by atoms with van der Waals surface area (Å²) in [6.07, 6.45) is 2.68. The molecule has 178 valence electrons. The Balaban J connectivity index is 0.000000442. The number of fused-ring (bicyclic) bond motifs is 1. The predicted molar refractivity (Wildman–Crippen MR) is 127 cm³/mol. The normalized spacial score (nSPS) is 12.5. The summed E-state index contributed by atoms with van der Waals surface area (Å²) >= 11 is 5.84. The molecule has 33 heavy (non-hydrogen) atoms. The summed E-state index contributed by atoms with van der Waals surface area (Å²) in [6, 6.07) is 3.30. The van der Waals surface area contributed by atoms with Crippen LogP contribution in [0.1, 0.15) is 59.4 Å². The number of hydrogen-bond acceptors (Lipinski definition) is 6. The largest absolute Gasteiger partial charge is 1.00 e. The highest BCUT2D eigenvalue weighted by Crippen LogP contribution is 2.42. The molecular weight excluding hydrogens is 448 g/mol. The lowest BCUT2D eigenvalue weighted by molar-refractivity contribution is -0.136. The van der Waals surface area contributed by atoms with Crippen molar-refractivity contribution in [3.05, 3.63) is 62.2 Å². The Morgan fingerprint density at radius 3 is 2.36 bits per heavy atom. The summed E-state index contributed by atoms with van der Waals surface area (Å²) in [5, 5.41) is 28.9. The van der Waals surface area contributed by atoms with Crippen LogP contribution in [0.25, 0.3) is 0 Å². The monoisotopic (exact) mass is 477 g/mol. The van der Waals surface area contributed by atoms with Gasteiger partial charge in [0.15, 0.2) is 0 Å². The lowest BCUT2D eigenvalue weighted by atomic mass is 9.94. The minimum atomic E-state index is -0.853. The van der Waals surface area contributed by atoms with Crippen LogP contribution in [-0.4, -0.2) is 34.4 Å². The van der Waals surface area contributed by atoms with Crippen molar-refractivity contribution in [2.45, 2.75) is 53.6 Å². The Morgan fingerprint density at radius 2 is 1.82 bits per heavy atom. The number of halogens is 1. The Kier molecular flexibility index (Phi) is 8.76. The first kappa shape index (κ1) is 26.1.